The highest BCUT2D eigenvalue weighted by molar-refractivity contribution is 7.22. The molecular formula is C13H14N4S. The fraction of sp³-hybridized carbons (Fsp3) is 0.231. The van der Waals surface area contributed by atoms with Crippen LogP contribution in [0.3, 0.4) is 0 Å². The molecule has 3 aromatic rings. The van der Waals surface area contributed by atoms with Crippen molar-refractivity contribution in [3.8, 4) is 0 Å². The molecule has 2 N–H and O–H groups in total. The van der Waals surface area contributed by atoms with Crippen LogP contribution in [-0.2, 0) is 0 Å². The van der Waals surface area contributed by atoms with Gasteiger partial charge in [0.2, 0.25) is 0 Å². The van der Waals surface area contributed by atoms with Crippen LogP contribution in [-0.4, -0.2) is 15.0 Å². The summed E-state index contributed by atoms with van der Waals surface area (Å²) in [6.07, 6.45) is 4.58. The normalized spacial score (nSPS) is 12.7. The standard InChI is InChI=1S/C13H14N4S/c1-2-9(12-14-7-8-15-12)16-13-17-10-5-3-4-6-11(10)18-13/h3-9H,2H2,1H3,(H,14,15)(H,16,17). The lowest BCUT2D eigenvalue weighted by atomic mass is 10.2. The lowest BCUT2D eigenvalue weighted by Crippen LogP contribution is -2.10. The molecule has 1 atom stereocenters. The summed E-state index contributed by atoms with van der Waals surface area (Å²) in [5.74, 6) is 0.955. The number of rotatable bonds is 4. The van der Waals surface area contributed by atoms with Gasteiger partial charge in [-0.15, -0.1) is 0 Å². The zero-order valence-corrected chi connectivity index (χ0v) is 10.9. The molecule has 0 aliphatic rings. The first kappa shape index (κ1) is 11.2. The highest BCUT2D eigenvalue weighted by Gasteiger charge is 2.13. The van der Waals surface area contributed by atoms with Crippen LogP contribution in [0.4, 0.5) is 5.13 Å². The minimum Gasteiger partial charge on any atom is -0.352 e. The quantitative estimate of drug-likeness (QED) is 0.752. The van der Waals surface area contributed by atoms with Gasteiger partial charge in [-0.05, 0) is 18.6 Å². The average molecular weight is 258 g/mol. The van der Waals surface area contributed by atoms with Crippen LogP contribution in [0.1, 0.15) is 25.2 Å². The van der Waals surface area contributed by atoms with E-state index >= 15 is 0 Å². The number of hydrogen-bond acceptors (Lipinski definition) is 4. The number of nitrogens with zero attached hydrogens (tertiary/aromatic N) is 2. The summed E-state index contributed by atoms with van der Waals surface area (Å²) in [5, 5.41) is 4.38. The monoisotopic (exact) mass is 258 g/mol. The molecule has 0 aliphatic heterocycles. The fourth-order valence-electron chi connectivity index (χ4n) is 1.91. The summed E-state index contributed by atoms with van der Waals surface area (Å²) >= 11 is 1.67. The summed E-state index contributed by atoms with van der Waals surface area (Å²) in [6, 6.07) is 8.35. The molecule has 3 rings (SSSR count). The fourth-order valence-corrected chi connectivity index (χ4v) is 2.83. The summed E-state index contributed by atoms with van der Waals surface area (Å²) < 4.78 is 1.20. The Balaban J connectivity index is 1.86. The third-order valence-corrected chi connectivity index (χ3v) is 3.82. The number of imidazole rings is 1. The van der Waals surface area contributed by atoms with Gasteiger partial charge in [0.05, 0.1) is 16.3 Å². The van der Waals surface area contributed by atoms with Gasteiger partial charge >= 0.3 is 0 Å². The highest BCUT2D eigenvalue weighted by atomic mass is 32.1. The molecule has 1 unspecified atom stereocenters. The first-order valence-corrected chi connectivity index (χ1v) is 6.80. The number of benzene rings is 1. The molecule has 0 saturated carbocycles. The Morgan fingerprint density at radius 2 is 2.28 bits per heavy atom. The van der Waals surface area contributed by atoms with Crippen molar-refractivity contribution < 1.29 is 0 Å². The number of H-pyrrole nitrogens is 1. The highest BCUT2D eigenvalue weighted by Crippen LogP contribution is 2.28. The van der Waals surface area contributed by atoms with Crippen LogP contribution in [0.15, 0.2) is 36.7 Å². The van der Waals surface area contributed by atoms with Crippen LogP contribution < -0.4 is 5.32 Å². The second kappa shape index (κ2) is 4.78. The predicted molar refractivity (Wildman–Crippen MR) is 74.9 cm³/mol. The van der Waals surface area contributed by atoms with E-state index in [0.29, 0.717) is 0 Å². The molecule has 4 nitrogen and oxygen atoms in total. The maximum Gasteiger partial charge on any atom is 0.184 e. The van der Waals surface area contributed by atoms with Crippen molar-refractivity contribution in [3.63, 3.8) is 0 Å². The van der Waals surface area contributed by atoms with Crippen LogP contribution in [0.2, 0.25) is 0 Å². The van der Waals surface area contributed by atoms with Crippen LogP contribution in [0.25, 0.3) is 10.2 Å². The minimum atomic E-state index is 0.181. The second-order valence-electron chi connectivity index (χ2n) is 4.07. The van der Waals surface area contributed by atoms with E-state index in [1.165, 1.54) is 4.70 Å². The molecule has 0 aliphatic carbocycles. The SMILES string of the molecule is CCC(Nc1nc2ccccc2s1)c1ncc[nH]1. The third kappa shape index (κ3) is 2.09. The van der Waals surface area contributed by atoms with Crippen molar-refractivity contribution in [2.45, 2.75) is 19.4 Å². The Hall–Kier alpha value is -1.88. The van der Waals surface area contributed by atoms with E-state index < -0.39 is 0 Å². The molecule has 0 amide bonds. The molecule has 0 fully saturated rings. The molecule has 0 radical (unpaired) electrons. The van der Waals surface area contributed by atoms with E-state index in [1.807, 2.05) is 24.4 Å². The van der Waals surface area contributed by atoms with E-state index in [1.54, 1.807) is 17.5 Å². The largest absolute Gasteiger partial charge is 0.352 e. The van der Waals surface area contributed by atoms with Gasteiger partial charge in [-0.1, -0.05) is 30.4 Å². The molecule has 0 saturated heterocycles. The number of thiazole rings is 1. The van der Waals surface area contributed by atoms with E-state index in [2.05, 4.69) is 33.3 Å². The first-order valence-electron chi connectivity index (χ1n) is 5.98. The number of anilines is 1. The van der Waals surface area contributed by atoms with Gasteiger partial charge in [0.1, 0.15) is 5.82 Å². The van der Waals surface area contributed by atoms with Gasteiger partial charge in [-0.25, -0.2) is 9.97 Å². The molecule has 5 heteroatoms. The number of nitrogens with one attached hydrogen (secondary N) is 2. The van der Waals surface area contributed by atoms with Crippen LogP contribution in [0.5, 0.6) is 0 Å². The molecule has 0 spiro atoms. The summed E-state index contributed by atoms with van der Waals surface area (Å²) in [6.45, 7) is 2.13. The van der Waals surface area contributed by atoms with Crippen molar-refractivity contribution in [1.82, 2.24) is 15.0 Å². The smallest absolute Gasteiger partial charge is 0.184 e. The van der Waals surface area contributed by atoms with Gasteiger partial charge < -0.3 is 10.3 Å². The maximum atomic E-state index is 4.58. The van der Waals surface area contributed by atoms with Crippen LogP contribution >= 0.6 is 11.3 Å². The molecule has 2 heterocycles. The predicted octanol–water partition coefficient (Wildman–Crippen LogP) is 3.58. The first-order chi connectivity index (χ1) is 8.86. The molecule has 92 valence electrons. The third-order valence-electron chi connectivity index (χ3n) is 2.85. The number of para-hydroxylation sites is 1. The number of aromatic amines is 1. The molecule has 0 bridgehead atoms. The number of fused-ring (bicyclic) bond motifs is 1. The van der Waals surface area contributed by atoms with Gasteiger partial charge in [0, 0.05) is 12.4 Å². The zero-order chi connectivity index (χ0) is 12.4. The Morgan fingerprint density at radius 1 is 1.39 bits per heavy atom. The van der Waals surface area contributed by atoms with Gasteiger partial charge in [-0.2, -0.15) is 0 Å². The minimum absolute atomic E-state index is 0.181. The molecule has 1 aromatic carbocycles. The van der Waals surface area contributed by atoms with Crippen LogP contribution in [0, 0.1) is 0 Å². The van der Waals surface area contributed by atoms with Crippen molar-refractivity contribution in [1.29, 1.82) is 0 Å². The Morgan fingerprint density at radius 3 is 3.00 bits per heavy atom. The van der Waals surface area contributed by atoms with E-state index in [4.69, 9.17) is 0 Å². The number of hydrogen-bond donors (Lipinski definition) is 2. The topological polar surface area (TPSA) is 53.6 Å². The van der Waals surface area contributed by atoms with E-state index in [9.17, 15) is 0 Å². The van der Waals surface area contributed by atoms with E-state index in [0.717, 1.165) is 22.9 Å². The number of aromatic nitrogens is 3. The Bertz CT molecular complexity index is 596. The molecule has 18 heavy (non-hydrogen) atoms. The van der Waals surface area contributed by atoms with Crippen molar-refractivity contribution in [2.75, 3.05) is 5.32 Å². The van der Waals surface area contributed by atoms with Crippen molar-refractivity contribution in [3.05, 3.63) is 42.5 Å². The average Bonchev–Trinajstić information content (AvgIpc) is 3.04. The maximum absolute atomic E-state index is 4.58. The Labute approximate surface area is 109 Å². The lowest BCUT2D eigenvalue weighted by Gasteiger charge is -2.13. The van der Waals surface area contributed by atoms with Crippen molar-refractivity contribution >= 4 is 26.7 Å². The van der Waals surface area contributed by atoms with E-state index in [-0.39, 0.29) is 6.04 Å². The lowest BCUT2D eigenvalue weighted by molar-refractivity contribution is 0.703. The summed E-state index contributed by atoms with van der Waals surface area (Å²) in [7, 11) is 0. The zero-order valence-electron chi connectivity index (χ0n) is 10.1. The molecule has 2 aromatic heterocycles. The Kier molecular flexibility index (Phi) is 2.98. The van der Waals surface area contributed by atoms with Crippen molar-refractivity contribution in [2.24, 2.45) is 0 Å². The summed E-state index contributed by atoms with van der Waals surface area (Å²) in [5.41, 5.74) is 1.04. The second-order valence-corrected chi connectivity index (χ2v) is 5.10. The molecular weight excluding hydrogens is 244 g/mol. The summed E-state index contributed by atoms with van der Waals surface area (Å²) in [4.78, 5) is 12.0. The van der Waals surface area contributed by atoms with Gasteiger partial charge in [0.15, 0.2) is 5.13 Å². The van der Waals surface area contributed by atoms with Gasteiger partial charge in [0.25, 0.3) is 0 Å². The van der Waals surface area contributed by atoms with Gasteiger partial charge in [-0.3, -0.25) is 0 Å².